The Morgan fingerprint density at radius 1 is 1.12 bits per heavy atom. The fourth-order valence-electron chi connectivity index (χ4n) is 3.35. The van der Waals surface area contributed by atoms with Gasteiger partial charge in [0, 0.05) is 24.2 Å². The van der Waals surface area contributed by atoms with Gasteiger partial charge in [-0.15, -0.1) is 0 Å². The van der Waals surface area contributed by atoms with Crippen LogP contribution in [-0.2, 0) is 0 Å². The molecule has 1 atom stereocenters. The van der Waals surface area contributed by atoms with Gasteiger partial charge in [0.1, 0.15) is 0 Å². The molecule has 5 heteroatoms. The van der Waals surface area contributed by atoms with Crippen molar-refractivity contribution < 1.29 is 9.32 Å². The van der Waals surface area contributed by atoms with Crippen LogP contribution in [0.3, 0.4) is 0 Å². The molecule has 0 bridgehead atoms. The third kappa shape index (κ3) is 3.38. The monoisotopic (exact) mass is 347 g/mol. The smallest absolute Gasteiger partial charge is 0.253 e. The highest BCUT2D eigenvalue weighted by molar-refractivity contribution is 5.94. The van der Waals surface area contributed by atoms with Gasteiger partial charge in [-0.05, 0) is 31.9 Å². The van der Waals surface area contributed by atoms with Crippen molar-refractivity contribution in [1.29, 1.82) is 0 Å². The van der Waals surface area contributed by atoms with E-state index in [0.717, 1.165) is 30.5 Å². The Morgan fingerprint density at radius 3 is 2.65 bits per heavy atom. The van der Waals surface area contributed by atoms with Crippen molar-refractivity contribution in [3.05, 3.63) is 71.6 Å². The van der Waals surface area contributed by atoms with E-state index in [2.05, 4.69) is 10.1 Å². The molecule has 0 radical (unpaired) electrons. The summed E-state index contributed by atoms with van der Waals surface area (Å²) in [5.41, 5.74) is 2.86. The molecule has 0 N–H and O–H groups in total. The zero-order chi connectivity index (χ0) is 17.9. The first-order chi connectivity index (χ1) is 12.7. The minimum Gasteiger partial charge on any atom is -0.339 e. The first-order valence-electron chi connectivity index (χ1n) is 8.95. The number of aromatic nitrogens is 2. The summed E-state index contributed by atoms with van der Waals surface area (Å²) in [5, 5.41) is 4.13. The van der Waals surface area contributed by atoms with Crippen molar-refractivity contribution >= 4 is 5.91 Å². The van der Waals surface area contributed by atoms with E-state index >= 15 is 0 Å². The molecule has 0 spiro atoms. The standard InChI is InChI=1S/C21H21N3O2/c1-15-9-11-16(12-10-15)19-22-20(26-23-19)18-8-5-13-24(14-18)21(25)17-6-3-2-4-7-17/h2-4,6-7,9-12,18H,5,8,13-14H2,1H3/t18-/m0/s1. The number of carbonyl (C=O) groups excluding carboxylic acids is 1. The lowest BCUT2D eigenvalue weighted by molar-refractivity contribution is 0.0695. The lowest BCUT2D eigenvalue weighted by Crippen LogP contribution is -2.39. The zero-order valence-corrected chi connectivity index (χ0v) is 14.8. The van der Waals surface area contributed by atoms with E-state index in [9.17, 15) is 4.79 Å². The summed E-state index contributed by atoms with van der Waals surface area (Å²) in [5.74, 6) is 1.37. The van der Waals surface area contributed by atoms with Crippen molar-refractivity contribution in [1.82, 2.24) is 15.0 Å². The third-order valence-electron chi connectivity index (χ3n) is 4.83. The maximum Gasteiger partial charge on any atom is 0.253 e. The SMILES string of the molecule is Cc1ccc(-c2noc([C@H]3CCCN(C(=O)c4ccccc4)C3)n2)cc1. The molecule has 0 unspecified atom stereocenters. The molecule has 1 saturated heterocycles. The number of likely N-dealkylation sites (tertiary alicyclic amines) is 1. The second-order valence-corrected chi connectivity index (χ2v) is 6.78. The molecular weight excluding hydrogens is 326 g/mol. The maximum absolute atomic E-state index is 12.7. The number of carbonyl (C=O) groups is 1. The summed E-state index contributed by atoms with van der Waals surface area (Å²) < 4.78 is 5.52. The molecule has 0 aliphatic carbocycles. The molecular formula is C21H21N3O2. The minimum absolute atomic E-state index is 0.0635. The van der Waals surface area contributed by atoms with Crippen LogP contribution in [0.4, 0.5) is 0 Å². The molecule has 4 rings (SSSR count). The average Bonchev–Trinajstić information content (AvgIpc) is 3.19. The fourth-order valence-corrected chi connectivity index (χ4v) is 3.35. The van der Waals surface area contributed by atoms with Gasteiger partial charge in [-0.2, -0.15) is 4.98 Å². The number of amides is 1. The maximum atomic E-state index is 12.7. The van der Waals surface area contributed by atoms with Gasteiger partial charge in [-0.25, -0.2) is 0 Å². The van der Waals surface area contributed by atoms with Gasteiger partial charge in [0.15, 0.2) is 0 Å². The van der Waals surface area contributed by atoms with Crippen LogP contribution in [0, 0.1) is 6.92 Å². The number of hydrogen-bond acceptors (Lipinski definition) is 4. The zero-order valence-electron chi connectivity index (χ0n) is 14.8. The Balaban J connectivity index is 1.50. The summed E-state index contributed by atoms with van der Waals surface area (Å²) in [6, 6.07) is 17.5. The van der Waals surface area contributed by atoms with Crippen LogP contribution in [0.15, 0.2) is 59.1 Å². The van der Waals surface area contributed by atoms with E-state index in [4.69, 9.17) is 4.52 Å². The molecule has 1 aliphatic heterocycles. The highest BCUT2D eigenvalue weighted by atomic mass is 16.5. The second kappa shape index (κ2) is 7.12. The molecule has 3 aromatic rings. The summed E-state index contributed by atoms with van der Waals surface area (Å²) in [7, 11) is 0. The predicted molar refractivity (Wildman–Crippen MR) is 98.8 cm³/mol. The Morgan fingerprint density at radius 2 is 1.88 bits per heavy atom. The van der Waals surface area contributed by atoms with Gasteiger partial charge in [0.05, 0.1) is 5.92 Å². The Labute approximate surface area is 152 Å². The van der Waals surface area contributed by atoms with E-state index in [0.29, 0.717) is 18.3 Å². The number of hydrogen-bond donors (Lipinski definition) is 0. The Kier molecular flexibility index (Phi) is 4.52. The number of rotatable bonds is 3. The first-order valence-corrected chi connectivity index (χ1v) is 8.95. The van der Waals surface area contributed by atoms with E-state index in [1.807, 2.05) is 66.4 Å². The topological polar surface area (TPSA) is 59.2 Å². The van der Waals surface area contributed by atoms with Gasteiger partial charge in [0.25, 0.3) is 5.91 Å². The van der Waals surface area contributed by atoms with Gasteiger partial charge in [-0.1, -0.05) is 53.2 Å². The third-order valence-corrected chi connectivity index (χ3v) is 4.83. The summed E-state index contributed by atoms with van der Waals surface area (Å²) >= 11 is 0. The number of aryl methyl sites for hydroxylation is 1. The lowest BCUT2D eigenvalue weighted by atomic mass is 9.97. The molecule has 1 aliphatic rings. The van der Waals surface area contributed by atoms with Crippen molar-refractivity contribution in [2.45, 2.75) is 25.7 Å². The molecule has 132 valence electrons. The van der Waals surface area contributed by atoms with E-state index in [1.165, 1.54) is 5.56 Å². The van der Waals surface area contributed by atoms with Crippen LogP contribution in [-0.4, -0.2) is 34.0 Å². The van der Waals surface area contributed by atoms with Gasteiger partial charge >= 0.3 is 0 Å². The predicted octanol–water partition coefficient (Wildman–Crippen LogP) is 4.06. The highest BCUT2D eigenvalue weighted by Gasteiger charge is 2.29. The molecule has 1 amide bonds. The molecule has 2 aromatic carbocycles. The first kappa shape index (κ1) is 16.5. The van der Waals surface area contributed by atoms with Crippen LogP contribution >= 0.6 is 0 Å². The summed E-state index contributed by atoms with van der Waals surface area (Å²) in [6.45, 7) is 3.43. The quantitative estimate of drug-likeness (QED) is 0.717. The number of piperidine rings is 1. The van der Waals surface area contributed by atoms with Crippen molar-refractivity contribution in [2.75, 3.05) is 13.1 Å². The Bertz CT molecular complexity index is 887. The molecule has 26 heavy (non-hydrogen) atoms. The van der Waals surface area contributed by atoms with E-state index < -0.39 is 0 Å². The molecule has 5 nitrogen and oxygen atoms in total. The normalized spacial score (nSPS) is 17.3. The molecule has 0 saturated carbocycles. The van der Waals surface area contributed by atoms with Crippen LogP contribution in [0.25, 0.3) is 11.4 Å². The number of nitrogens with zero attached hydrogens (tertiary/aromatic N) is 3. The molecule has 2 heterocycles. The Hall–Kier alpha value is -2.95. The van der Waals surface area contributed by atoms with Gasteiger partial charge < -0.3 is 9.42 Å². The molecule has 1 aromatic heterocycles. The van der Waals surface area contributed by atoms with Gasteiger partial charge in [-0.3, -0.25) is 4.79 Å². The van der Waals surface area contributed by atoms with E-state index in [1.54, 1.807) is 0 Å². The van der Waals surface area contributed by atoms with Crippen LogP contribution in [0.1, 0.15) is 40.6 Å². The van der Waals surface area contributed by atoms with Crippen molar-refractivity contribution in [3.8, 4) is 11.4 Å². The largest absolute Gasteiger partial charge is 0.339 e. The van der Waals surface area contributed by atoms with Gasteiger partial charge in [0.2, 0.25) is 11.7 Å². The van der Waals surface area contributed by atoms with E-state index in [-0.39, 0.29) is 11.8 Å². The van der Waals surface area contributed by atoms with Crippen molar-refractivity contribution in [2.24, 2.45) is 0 Å². The molecule has 1 fully saturated rings. The van der Waals surface area contributed by atoms with Crippen LogP contribution < -0.4 is 0 Å². The van der Waals surface area contributed by atoms with Crippen LogP contribution in [0.5, 0.6) is 0 Å². The lowest BCUT2D eigenvalue weighted by Gasteiger charge is -2.31. The second-order valence-electron chi connectivity index (χ2n) is 6.78. The van der Waals surface area contributed by atoms with Crippen molar-refractivity contribution in [3.63, 3.8) is 0 Å². The highest BCUT2D eigenvalue weighted by Crippen LogP contribution is 2.28. The fraction of sp³-hybridized carbons (Fsp3) is 0.286. The summed E-state index contributed by atoms with van der Waals surface area (Å²) in [4.78, 5) is 19.2. The van der Waals surface area contributed by atoms with Crippen LogP contribution in [0.2, 0.25) is 0 Å². The summed E-state index contributed by atoms with van der Waals surface area (Å²) in [6.07, 6.45) is 1.89. The average molecular weight is 347 g/mol. The minimum atomic E-state index is 0.0635. The number of benzene rings is 2.